The Labute approximate surface area is 190 Å². The van der Waals surface area contributed by atoms with Crippen molar-refractivity contribution in [1.29, 1.82) is 0 Å². The Morgan fingerprint density at radius 1 is 0.909 bits per heavy atom. The van der Waals surface area contributed by atoms with Crippen LogP contribution in [0.25, 0.3) is 16.5 Å². The highest BCUT2D eigenvalue weighted by molar-refractivity contribution is 5.92. The number of carbonyl (C=O) groups is 1. The average molecular weight is 444 g/mol. The third-order valence-electron chi connectivity index (χ3n) is 5.90. The molecule has 0 atom stereocenters. The van der Waals surface area contributed by atoms with E-state index in [-0.39, 0.29) is 23.7 Å². The number of benzene rings is 2. The molecule has 1 aliphatic heterocycles. The molecular formula is C24H25N7O2. The summed E-state index contributed by atoms with van der Waals surface area (Å²) in [4.78, 5) is 29.4. The third kappa shape index (κ3) is 4.54. The van der Waals surface area contributed by atoms with Gasteiger partial charge in [0.05, 0.1) is 36.1 Å². The zero-order valence-corrected chi connectivity index (χ0v) is 18.2. The van der Waals surface area contributed by atoms with Crippen LogP contribution >= 0.6 is 0 Å². The Hall–Kier alpha value is -3.85. The molecule has 1 saturated heterocycles. The predicted molar refractivity (Wildman–Crippen MR) is 124 cm³/mol. The van der Waals surface area contributed by atoms with E-state index < -0.39 is 0 Å². The molecule has 2 aromatic heterocycles. The number of hydrogen-bond acceptors (Lipinski definition) is 6. The lowest BCUT2D eigenvalue weighted by molar-refractivity contribution is 0.0945. The zero-order chi connectivity index (χ0) is 22.6. The number of para-hydroxylation sites is 1. The van der Waals surface area contributed by atoms with Gasteiger partial charge in [0.15, 0.2) is 5.69 Å². The summed E-state index contributed by atoms with van der Waals surface area (Å²) in [5, 5.41) is 17.3. The molecule has 33 heavy (non-hydrogen) atoms. The summed E-state index contributed by atoms with van der Waals surface area (Å²) in [6.07, 6.45) is 3.84. The number of nitrogens with zero attached hydrogens (tertiary/aromatic N) is 6. The summed E-state index contributed by atoms with van der Waals surface area (Å²) in [6.45, 7) is 3.63. The molecule has 4 aromatic rings. The largest absolute Gasteiger partial charge is 0.345 e. The smallest absolute Gasteiger partial charge is 0.274 e. The second-order valence-corrected chi connectivity index (χ2v) is 8.11. The van der Waals surface area contributed by atoms with Gasteiger partial charge in [-0.1, -0.05) is 36.4 Å². The van der Waals surface area contributed by atoms with Gasteiger partial charge in [-0.25, -0.2) is 4.68 Å². The number of amides is 1. The van der Waals surface area contributed by atoms with Crippen LogP contribution in [0, 0.1) is 0 Å². The SMILES string of the molecule is O=C(NCc1nn(CCN2CCCC2)c(=O)c2ccccc12)c1cnn(-c2ccccc2)n1. The van der Waals surface area contributed by atoms with Gasteiger partial charge >= 0.3 is 0 Å². The van der Waals surface area contributed by atoms with E-state index in [1.54, 1.807) is 0 Å². The summed E-state index contributed by atoms with van der Waals surface area (Å²) >= 11 is 0. The highest BCUT2D eigenvalue weighted by atomic mass is 16.2. The van der Waals surface area contributed by atoms with Gasteiger partial charge in [-0.05, 0) is 44.1 Å². The van der Waals surface area contributed by atoms with Gasteiger partial charge in [0.25, 0.3) is 11.5 Å². The molecule has 9 nitrogen and oxygen atoms in total. The van der Waals surface area contributed by atoms with Crippen LogP contribution in [0.5, 0.6) is 0 Å². The number of carbonyl (C=O) groups excluding carboxylic acids is 1. The molecule has 9 heteroatoms. The lowest BCUT2D eigenvalue weighted by Gasteiger charge is -2.16. The highest BCUT2D eigenvalue weighted by Gasteiger charge is 2.16. The first-order chi connectivity index (χ1) is 16.2. The molecule has 5 rings (SSSR count). The van der Waals surface area contributed by atoms with Crippen molar-refractivity contribution in [3.05, 3.63) is 82.5 Å². The van der Waals surface area contributed by atoms with E-state index in [1.807, 2.05) is 54.6 Å². The third-order valence-corrected chi connectivity index (χ3v) is 5.90. The van der Waals surface area contributed by atoms with Crippen LogP contribution in [0.4, 0.5) is 0 Å². The quantitative estimate of drug-likeness (QED) is 0.469. The second-order valence-electron chi connectivity index (χ2n) is 8.11. The van der Waals surface area contributed by atoms with E-state index in [0.717, 1.165) is 30.7 Å². The average Bonchev–Trinajstić information content (AvgIpc) is 3.56. The maximum absolute atomic E-state index is 13.0. The fourth-order valence-corrected chi connectivity index (χ4v) is 4.14. The summed E-state index contributed by atoms with van der Waals surface area (Å²) in [5.41, 5.74) is 1.53. The highest BCUT2D eigenvalue weighted by Crippen LogP contribution is 2.14. The summed E-state index contributed by atoms with van der Waals surface area (Å²) in [5.74, 6) is -0.349. The molecule has 1 N–H and O–H groups in total. The van der Waals surface area contributed by atoms with E-state index in [1.165, 1.54) is 28.5 Å². The number of rotatable bonds is 7. The molecule has 0 radical (unpaired) electrons. The number of hydrogen-bond donors (Lipinski definition) is 1. The summed E-state index contributed by atoms with van der Waals surface area (Å²) < 4.78 is 1.52. The van der Waals surface area contributed by atoms with Crippen molar-refractivity contribution in [2.24, 2.45) is 0 Å². The van der Waals surface area contributed by atoms with Gasteiger partial charge in [-0.2, -0.15) is 15.0 Å². The molecule has 2 aromatic carbocycles. The van der Waals surface area contributed by atoms with E-state index >= 15 is 0 Å². The first-order valence-corrected chi connectivity index (χ1v) is 11.2. The molecule has 168 valence electrons. The van der Waals surface area contributed by atoms with Gasteiger partial charge in [0, 0.05) is 11.9 Å². The molecule has 1 aliphatic rings. The van der Waals surface area contributed by atoms with Crippen LogP contribution in [0.15, 0.2) is 65.6 Å². The van der Waals surface area contributed by atoms with Crippen LogP contribution < -0.4 is 10.9 Å². The van der Waals surface area contributed by atoms with Gasteiger partial charge in [-0.3, -0.25) is 9.59 Å². The number of nitrogens with one attached hydrogen (secondary N) is 1. The molecule has 0 spiro atoms. The normalized spacial score (nSPS) is 14.1. The monoisotopic (exact) mass is 443 g/mol. The van der Waals surface area contributed by atoms with Crippen LogP contribution in [0.2, 0.25) is 0 Å². The standard InChI is InChI=1S/C24H25N7O2/c32-23(22-17-26-31(28-22)18-8-2-1-3-9-18)25-16-21-19-10-4-5-11-20(19)24(33)30(27-21)15-14-29-12-6-7-13-29/h1-5,8-11,17H,6-7,12-16H2,(H,25,32). The number of likely N-dealkylation sites (tertiary alicyclic amines) is 1. The first kappa shape index (κ1) is 21.0. The van der Waals surface area contributed by atoms with Gasteiger partial charge < -0.3 is 10.2 Å². The number of fused-ring (bicyclic) bond motifs is 1. The molecule has 1 amide bonds. The minimum atomic E-state index is -0.349. The van der Waals surface area contributed by atoms with Crippen molar-refractivity contribution < 1.29 is 4.79 Å². The van der Waals surface area contributed by atoms with E-state index in [0.29, 0.717) is 17.6 Å². The Balaban J connectivity index is 1.34. The fourth-order valence-electron chi connectivity index (χ4n) is 4.14. The molecule has 0 bridgehead atoms. The molecule has 0 saturated carbocycles. The van der Waals surface area contributed by atoms with Crippen LogP contribution in [-0.4, -0.2) is 55.2 Å². The Morgan fingerprint density at radius 2 is 1.64 bits per heavy atom. The van der Waals surface area contributed by atoms with Crippen LogP contribution in [-0.2, 0) is 13.1 Å². The molecule has 0 unspecified atom stereocenters. The second kappa shape index (κ2) is 9.33. The van der Waals surface area contributed by atoms with Crippen molar-refractivity contribution in [3.63, 3.8) is 0 Å². The van der Waals surface area contributed by atoms with Gasteiger partial charge in [0.2, 0.25) is 0 Å². The van der Waals surface area contributed by atoms with Crippen molar-refractivity contribution >= 4 is 16.7 Å². The van der Waals surface area contributed by atoms with E-state index in [4.69, 9.17) is 0 Å². The van der Waals surface area contributed by atoms with E-state index in [9.17, 15) is 9.59 Å². The lowest BCUT2D eigenvalue weighted by Crippen LogP contribution is -2.32. The lowest BCUT2D eigenvalue weighted by atomic mass is 10.1. The van der Waals surface area contributed by atoms with Crippen molar-refractivity contribution in [2.45, 2.75) is 25.9 Å². The summed E-state index contributed by atoms with van der Waals surface area (Å²) in [6, 6.07) is 16.8. The van der Waals surface area contributed by atoms with Crippen LogP contribution in [0.1, 0.15) is 29.0 Å². The molecule has 0 aliphatic carbocycles. The fraction of sp³-hybridized carbons (Fsp3) is 0.292. The minimum absolute atomic E-state index is 0.106. The maximum Gasteiger partial charge on any atom is 0.274 e. The van der Waals surface area contributed by atoms with Crippen LogP contribution in [0.3, 0.4) is 0 Å². The number of aromatic nitrogens is 5. The Bertz CT molecular complexity index is 1320. The van der Waals surface area contributed by atoms with Crippen molar-refractivity contribution in [2.75, 3.05) is 19.6 Å². The first-order valence-electron chi connectivity index (χ1n) is 11.2. The van der Waals surface area contributed by atoms with Gasteiger partial charge in [-0.15, -0.1) is 5.10 Å². The predicted octanol–water partition coefficient (Wildman–Crippen LogP) is 2.00. The topological polar surface area (TPSA) is 97.9 Å². The Morgan fingerprint density at radius 3 is 2.42 bits per heavy atom. The molecule has 3 heterocycles. The molecular weight excluding hydrogens is 418 g/mol. The zero-order valence-electron chi connectivity index (χ0n) is 18.2. The van der Waals surface area contributed by atoms with Crippen molar-refractivity contribution in [1.82, 2.24) is 35.0 Å². The van der Waals surface area contributed by atoms with E-state index in [2.05, 4.69) is 25.5 Å². The van der Waals surface area contributed by atoms with Crippen molar-refractivity contribution in [3.8, 4) is 5.69 Å². The molecule has 1 fully saturated rings. The minimum Gasteiger partial charge on any atom is -0.345 e. The maximum atomic E-state index is 13.0. The summed E-state index contributed by atoms with van der Waals surface area (Å²) in [7, 11) is 0. The Kier molecular flexibility index (Phi) is 5.95. The van der Waals surface area contributed by atoms with Gasteiger partial charge in [0.1, 0.15) is 0 Å².